The molecule has 0 bridgehead atoms. The summed E-state index contributed by atoms with van der Waals surface area (Å²) in [6, 6.07) is 1.01. The molecule has 0 radical (unpaired) electrons. The van der Waals surface area contributed by atoms with E-state index >= 15 is 0 Å². The smallest absolute Gasteiger partial charge is 0.315 e. The van der Waals surface area contributed by atoms with Crippen molar-refractivity contribution < 1.29 is 24.5 Å². The van der Waals surface area contributed by atoms with Crippen molar-refractivity contribution in [3.05, 3.63) is 12.3 Å². The van der Waals surface area contributed by atoms with Crippen LogP contribution in [-0.4, -0.2) is 34.2 Å². The maximum Gasteiger partial charge on any atom is 0.315 e. The lowest BCUT2D eigenvalue weighted by Crippen LogP contribution is -2.17. The highest BCUT2D eigenvalue weighted by Crippen LogP contribution is 2.24. The molecule has 0 aliphatic carbocycles. The van der Waals surface area contributed by atoms with Crippen LogP contribution in [0.1, 0.15) is 6.42 Å². The first-order valence-corrected chi connectivity index (χ1v) is 4.27. The number of esters is 1. The number of pyridine rings is 1. The van der Waals surface area contributed by atoms with Gasteiger partial charge in [0.25, 0.3) is 0 Å². The van der Waals surface area contributed by atoms with E-state index < -0.39 is 24.0 Å². The molecule has 7 heteroatoms. The molecular formula is C9H10N2O5. The molecule has 0 saturated carbocycles. The minimum Gasteiger partial charge on any atom is -0.506 e. The number of amides is 1. The van der Waals surface area contributed by atoms with Gasteiger partial charge in [-0.05, 0) is 0 Å². The van der Waals surface area contributed by atoms with Gasteiger partial charge in [0.05, 0.1) is 13.3 Å². The number of nitrogens with one attached hydrogen (secondary N) is 1. The topological polar surface area (TPSA) is 109 Å². The van der Waals surface area contributed by atoms with Crippen LogP contribution in [0.2, 0.25) is 0 Å². The van der Waals surface area contributed by atoms with E-state index in [9.17, 15) is 14.7 Å². The van der Waals surface area contributed by atoms with Crippen molar-refractivity contribution in [3.8, 4) is 11.5 Å². The Labute approximate surface area is 90.7 Å². The molecule has 1 rings (SSSR count). The fourth-order valence-corrected chi connectivity index (χ4v) is 0.918. The van der Waals surface area contributed by atoms with Crippen molar-refractivity contribution in [2.75, 3.05) is 12.4 Å². The molecule has 1 heterocycles. The summed E-state index contributed by atoms with van der Waals surface area (Å²) in [6.45, 7) is 0. The number of methoxy groups -OCH3 is 1. The van der Waals surface area contributed by atoms with Crippen LogP contribution < -0.4 is 5.32 Å². The van der Waals surface area contributed by atoms with E-state index in [0.29, 0.717) is 0 Å². The Kier molecular flexibility index (Phi) is 3.65. The summed E-state index contributed by atoms with van der Waals surface area (Å²) in [5, 5.41) is 20.4. The zero-order valence-corrected chi connectivity index (χ0v) is 8.43. The van der Waals surface area contributed by atoms with Crippen LogP contribution in [0, 0.1) is 0 Å². The van der Waals surface area contributed by atoms with Gasteiger partial charge in [0.2, 0.25) is 5.91 Å². The molecule has 0 aliphatic heterocycles. The first-order valence-electron chi connectivity index (χ1n) is 4.27. The molecule has 0 spiro atoms. The highest BCUT2D eigenvalue weighted by atomic mass is 16.5. The number of hydrogen-bond acceptors (Lipinski definition) is 6. The van der Waals surface area contributed by atoms with Crippen molar-refractivity contribution in [1.29, 1.82) is 0 Å². The van der Waals surface area contributed by atoms with E-state index in [0.717, 1.165) is 19.4 Å². The van der Waals surface area contributed by atoms with Crippen LogP contribution >= 0.6 is 0 Å². The number of hydrogen-bond donors (Lipinski definition) is 3. The Morgan fingerprint density at radius 1 is 1.50 bits per heavy atom. The number of ether oxygens (including phenoxy) is 1. The third-order valence-electron chi connectivity index (χ3n) is 1.64. The first-order chi connectivity index (χ1) is 7.52. The number of rotatable bonds is 3. The Morgan fingerprint density at radius 2 is 2.19 bits per heavy atom. The highest BCUT2D eigenvalue weighted by molar-refractivity contribution is 6.01. The fraction of sp³-hybridized carbons (Fsp3) is 0.222. The van der Waals surface area contributed by atoms with Crippen molar-refractivity contribution in [1.82, 2.24) is 4.98 Å². The van der Waals surface area contributed by atoms with Gasteiger partial charge in [-0.3, -0.25) is 9.59 Å². The Bertz CT molecular complexity index is 418. The molecule has 0 saturated heterocycles. The molecule has 1 aromatic rings. The normalized spacial score (nSPS) is 9.56. The van der Waals surface area contributed by atoms with E-state index in [1.807, 2.05) is 0 Å². The SMILES string of the molecule is COC(=O)CC(=O)Nc1ncc(O)cc1O. The van der Waals surface area contributed by atoms with Gasteiger partial charge in [-0.25, -0.2) is 4.98 Å². The highest BCUT2D eigenvalue weighted by Gasteiger charge is 2.12. The minimum atomic E-state index is -0.698. The van der Waals surface area contributed by atoms with Gasteiger partial charge >= 0.3 is 5.97 Å². The average Bonchev–Trinajstić information content (AvgIpc) is 2.22. The van der Waals surface area contributed by atoms with Crippen molar-refractivity contribution in [2.45, 2.75) is 6.42 Å². The molecule has 1 amide bonds. The lowest BCUT2D eigenvalue weighted by atomic mass is 10.3. The van der Waals surface area contributed by atoms with E-state index in [-0.39, 0.29) is 11.6 Å². The molecular weight excluding hydrogens is 216 g/mol. The van der Waals surface area contributed by atoms with Crippen LogP contribution in [0.15, 0.2) is 12.3 Å². The molecule has 0 aromatic carbocycles. The van der Waals surface area contributed by atoms with E-state index in [1.165, 1.54) is 0 Å². The zero-order chi connectivity index (χ0) is 12.1. The summed E-state index contributed by atoms with van der Waals surface area (Å²) in [5.74, 6) is -2.12. The third-order valence-corrected chi connectivity index (χ3v) is 1.64. The van der Waals surface area contributed by atoms with Crippen LogP contribution in [-0.2, 0) is 14.3 Å². The maximum absolute atomic E-state index is 11.2. The van der Waals surface area contributed by atoms with Crippen molar-refractivity contribution in [3.63, 3.8) is 0 Å². The van der Waals surface area contributed by atoms with Crippen LogP contribution in [0.5, 0.6) is 11.5 Å². The largest absolute Gasteiger partial charge is 0.506 e. The summed E-state index contributed by atoms with van der Waals surface area (Å²) in [7, 11) is 1.16. The Morgan fingerprint density at radius 3 is 2.75 bits per heavy atom. The van der Waals surface area contributed by atoms with Gasteiger partial charge in [0.1, 0.15) is 12.2 Å². The molecule has 16 heavy (non-hydrogen) atoms. The molecule has 86 valence electrons. The Balaban J connectivity index is 2.66. The summed E-state index contributed by atoms with van der Waals surface area (Å²) >= 11 is 0. The second-order valence-corrected chi connectivity index (χ2v) is 2.86. The van der Waals surface area contributed by atoms with Crippen LogP contribution in [0.3, 0.4) is 0 Å². The van der Waals surface area contributed by atoms with Crippen LogP contribution in [0.25, 0.3) is 0 Å². The fourth-order valence-electron chi connectivity index (χ4n) is 0.918. The molecule has 0 unspecified atom stereocenters. The lowest BCUT2D eigenvalue weighted by molar-refractivity contribution is -0.142. The summed E-state index contributed by atoms with van der Waals surface area (Å²) in [5.41, 5.74) is 0. The van der Waals surface area contributed by atoms with Crippen molar-refractivity contribution >= 4 is 17.7 Å². The van der Waals surface area contributed by atoms with Gasteiger partial charge in [0.15, 0.2) is 11.6 Å². The van der Waals surface area contributed by atoms with E-state index in [2.05, 4.69) is 15.0 Å². The van der Waals surface area contributed by atoms with E-state index in [1.54, 1.807) is 0 Å². The monoisotopic (exact) mass is 226 g/mol. The van der Waals surface area contributed by atoms with Gasteiger partial charge in [0, 0.05) is 6.07 Å². The Hall–Kier alpha value is -2.31. The summed E-state index contributed by atoms with van der Waals surface area (Å²) in [6.07, 6.45) is 0.575. The molecule has 7 nitrogen and oxygen atoms in total. The van der Waals surface area contributed by atoms with E-state index in [4.69, 9.17) is 5.11 Å². The molecule has 0 fully saturated rings. The molecule has 0 atom stereocenters. The van der Waals surface area contributed by atoms with Gasteiger partial charge in [-0.15, -0.1) is 0 Å². The van der Waals surface area contributed by atoms with Crippen LogP contribution in [0.4, 0.5) is 5.82 Å². The maximum atomic E-state index is 11.2. The minimum absolute atomic E-state index is 0.133. The number of aromatic hydroxyl groups is 2. The quantitative estimate of drug-likeness (QED) is 0.494. The summed E-state index contributed by atoms with van der Waals surface area (Å²) < 4.78 is 4.29. The average molecular weight is 226 g/mol. The number of carbonyl (C=O) groups excluding carboxylic acids is 2. The number of aromatic nitrogens is 1. The van der Waals surface area contributed by atoms with Gasteiger partial charge in [-0.1, -0.05) is 0 Å². The third kappa shape index (κ3) is 3.12. The first kappa shape index (κ1) is 11.8. The molecule has 0 aliphatic rings. The molecule has 1 aromatic heterocycles. The predicted molar refractivity (Wildman–Crippen MR) is 52.8 cm³/mol. The van der Waals surface area contributed by atoms with Crippen molar-refractivity contribution in [2.24, 2.45) is 0 Å². The zero-order valence-electron chi connectivity index (χ0n) is 8.43. The lowest BCUT2D eigenvalue weighted by Gasteiger charge is -2.05. The predicted octanol–water partition coefficient (Wildman–Crippen LogP) is -0.00560. The summed E-state index contributed by atoms with van der Waals surface area (Å²) in [4.78, 5) is 25.5. The molecule has 3 N–H and O–H groups in total. The number of nitrogens with zero attached hydrogens (tertiary/aromatic N) is 1. The second kappa shape index (κ2) is 4.96. The standard InChI is InChI=1S/C9H10N2O5/c1-16-8(15)3-7(14)11-9-6(13)2-5(12)4-10-9/h2,4,12-13H,3H2,1H3,(H,10,11,14). The van der Waals surface area contributed by atoms with Gasteiger partial charge in [-0.2, -0.15) is 0 Å². The number of carbonyl (C=O) groups is 2. The second-order valence-electron chi connectivity index (χ2n) is 2.86. The van der Waals surface area contributed by atoms with Gasteiger partial charge < -0.3 is 20.3 Å². The number of anilines is 1.